The van der Waals surface area contributed by atoms with Crippen LogP contribution < -0.4 is 14.8 Å². The molecule has 1 aromatic carbocycles. The predicted octanol–water partition coefficient (Wildman–Crippen LogP) is 2.10. The number of aliphatic hydroxyl groups excluding tert-OH is 1. The van der Waals surface area contributed by atoms with E-state index in [0.29, 0.717) is 24.1 Å². The van der Waals surface area contributed by atoms with Crippen molar-refractivity contribution in [1.29, 1.82) is 0 Å². The summed E-state index contributed by atoms with van der Waals surface area (Å²) in [7, 11) is 3.79. The molecule has 1 aliphatic heterocycles. The Kier molecular flexibility index (Phi) is 8.40. The monoisotopic (exact) mass is 391 g/mol. The van der Waals surface area contributed by atoms with Crippen molar-refractivity contribution >= 4 is 0 Å². The van der Waals surface area contributed by atoms with Gasteiger partial charge in [-0.05, 0) is 37.6 Å². The fourth-order valence-corrected chi connectivity index (χ4v) is 4.08. The molecule has 158 valence electrons. The summed E-state index contributed by atoms with van der Waals surface area (Å²) < 4.78 is 11.4. The minimum Gasteiger partial charge on any atom is -0.493 e. The highest BCUT2D eigenvalue weighted by Crippen LogP contribution is 2.28. The molecular weight excluding hydrogens is 354 g/mol. The zero-order chi connectivity index (χ0) is 19.8. The Morgan fingerprint density at radius 2 is 1.86 bits per heavy atom. The third-order valence-electron chi connectivity index (χ3n) is 5.92. The second kappa shape index (κ2) is 11.0. The molecule has 2 N–H and O–H groups in total. The van der Waals surface area contributed by atoms with Crippen molar-refractivity contribution in [1.82, 2.24) is 15.1 Å². The van der Waals surface area contributed by atoms with E-state index in [1.54, 1.807) is 7.11 Å². The van der Waals surface area contributed by atoms with Gasteiger partial charge in [0.05, 0.1) is 7.11 Å². The average Bonchev–Trinajstić information content (AvgIpc) is 2.73. The van der Waals surface area contributed by atoms with Crippen LogP contribution in [0.25, 0.3) is 0 Å². The maximum absolute atomic E-state index is 10.4. The van der Waals surface area contributed by atoms with Crippen LogP contribution in [-0.2, 0) is 6.54 Å². The van der Waals surface area contributed by atoms with E-state index in [1.807, 2.05) is 12.1 Å². The van der Waals surface area contributed by atoms with Gasteiger partial charge in [-0.15, -0.1) is 0 Å². The zero-order valence-corrected chi connectivity index (χ0v) is 17.5. The van der Waals surface area contributed by atoms with E-state index in [1.165, 1.54) is 37.7 Å². The van der Waals surface area contributed by atoms with Gasteiger partial charge in [-0.3, -0.25) is 4.90 Å². The standard InChI is InChI=1S/C22H37N3O3/c1-24-10-12-25(13-11-24)16-20(26)17-28-22-14-18(8-9-21(22)27-2)15-23-19-6-4-3-5-7-19/h8-9,14,19-20,23,26H,3-7,10-13,15-17H2,1-2H3. The lowest BCUT2D eigenvalue weighted by Crippen LogP contribution is -2.47. The molecule has 28 heavy (non-hydrogen) atoms. The first-order valence-corrected chi connectivity index (χ1v) is 10.8. The number of nitrogens with one attached hydrogen (secondary N) is 1. The largest absolute Gasteiger partial charge is 0.493 e. The van der Waals surface area contributed by atoms with Gasteiger partial charge in [0.15, 0.2) is 11.5 Å². The van der Waals surface area contributed by atoms with E-state index in [4.69, 9.17) is 9.47 Å². The SMILES string of the molecule is COc1ccc(CNC2CCCCC2)cc1OCC(O)CN1CCN(C)CC1. The lowest BCUT2D eigenvalue weighted by molar-refractivity contribution is 0.0497. The van der Waals surface area contributed by atoms with Gasteiger partial charge in [0.25, 0.3) is 0 Å². The third kappa shape index (κ3) is 6.62. The number of benzene rings is 1. The van der Waals surface area contributed by atoms with Gasteiger partial charge in [-0.1, -0.05) is 25.3 Å². The molecule has 2 aliphatic rings. The molecule has 1 atom stereocenters. The third-order valence-corrected chi connectivity index (χ3v) is 5.92. The lowest BCUT2D eigenvalue weighted by atomic mass is 9.95. The van der Waals surface area contributed by atoms with Gasteiger partial charge in [-0.25, -0.2) is 0 Å². The van der Waals surface area contributed by atoms with E-state index in [9.17, 15) is 5.11 Å². The van der Waals surface area contributed by atoms with Crippen LogP contribution in [0.15, 0.2) is 18.2 Å². The topological polar surface area (TPSA) is 57.2 Å². The van der Waals surface area contributed by atoms with Gasteiger partial charge in [0.1, 0.15) is 12.7 Å². The molecule has 3 rings (SSSR count). The highest BCUT2D eigenvalue weighted by atomic mass is 16.5. The molecule has 0 aromatic heterocycles. The van der Waals surface area contributed by atoms with Crippen molar-refractivity contribution in [2.45, 2.75) is 50.8 Å². The Balaban J connectivity index is 1.48. The number of piperazine rings is 1. The molecule has 1 saturated carbocycles. The highest BCUT2D eigenvalue weighted by Gasteiger charge is 2.18. The maximum atomic E-state index is 10.4. The number of β-amino-alcohol motifs (C(OH)–C–C–N with tert-alkyl or cyclic N) is 1. The molecule has 0 spiro atoms. The van der Waals surface area contributed by atoms with Gasteiger partial charge in [0, 0.05) is 45.3 Å². The molecular formula is C22H37N3O3. The Hall–Kier alpha value is -1.34. The number of ether oxygens (including phenoxy) is 2. The fourth-order valence-electron chi connectivity index (χ4n) is 4.08. The number of rotatable bonds is 9. The van der Waals surface area contributed by atoms with E-state index in [0.717, 1.165) is 32.7 Å². The van der Waals surface area contributed by atoms with Crippen molar-refractivity contribution in [2.24, 2.45) is 0 Å². The summed E-state index contributed by atoms with van der Waals surface area (Å²) in [6, 6.07) is 6.71. The van der Waals surface area contributed by atoms with Gasteiger partial charge >= 0.3 is 0 Å². The average molecular weight is 392 g/mol. The number of aliphatic hydroxyl groups is 1. The molecule has 1 aliphatic carbocycles. The number of nitrogens with zero attached hydrogens (tertiary/aromatic N) is 2. The minimum atomic E-state index is -0.503. The smallest absolute Gasteiger partial charge is 0.161 e. The van der Waals surface area contributed by atoms with Crippen molar-refractivity contribution in [3.8, 4) is 11.5 Å². The van der Waals surface area contributed by atoms with Crippen LogP contribution in [0, 0.1) is 0 Å². The van der Waals surface area contributed by atoms with Crippen LogP contribution in [0.4, 0.5) is 0 Å². The van der Waals surface area contributed by atoms with Crippen molar-refractivity contribution in [2.75, 3.05) is 53.5 Å². The van der Waals surface area contributed by atoms with Crippen molar-refractivity contribution < 1.29 is 14.6 Å². The summed E-state index contributed by atoms with van der Waals surface area (Å²) in [6.07, 6.45) is 6.09. The molecule has 1 saturated heterocycles. The Labute approximate surface area is 169 Å². The Bertz CT molecular complexity index is 584. The Morgan fingerprint density at radius 3 is 2.57 bits per heavy atom. The molecule has 1 unspecified atom stereocenters. The molecule has 1 aromatic rings. The number of hydrogen-bond acceptors (Lipinski definition) is 6. The quantitative estimate of drug-likeness (QED) is 0.672. The van der Waals surface area contributed by atoms with Crippen LogP contribution in [-0.4, -0.2) is 80.5 Å². The summed E-state index contributed by atoms with van der Waals surface area (Å²) in [6.45, 7) is 5.88. The summed E-state index contributed by atoms with van der Waals surface area (Å²) in [5.41, 5.74) is 1.19. The Morgan fingerprint density at radius 1 is 1.11 bits per heavy atom. The van der Waals surface area contributed by atoms with Crippen LogP contribution in [0.2, 0.25) is 0 Å². The summed E-state index contributed by atoms with van der Waals surface area (Å²) >= 11 is 0. The molecule has 0 amide bonds. The molecule has 0 radical (unpaired) electrons. The van der Waals surface area contributed by atoms with Crippen molar-refractivity contribution in [3.63, 3.8) is 0 Å². The summed E-state index contributed by atoms with van der Waals surface area (Å²) in [5.74, 6) is 1.43. The zero-order valence-electron chi connectivity index (χ0n) is 17.5. The first kappa shape index (κ1) is 21.4. The van der Waals surface area contributed by atoms with E-state index < -0.39 is 6.10 Å². The van der Waals surface area contributed by atoms with Gasteiger partial charge in [0.2, 0.25) is 0 Å². The van der Waals surface area contributed by atoms with Crippen LogP contribution in [0.3, 0.4) is 0 Å². The van der Waals surface area contributed by atoms with Gasteiger partial charge < -0.3 is 24.8 Å². The summed E-state index contributed by atoms with van der Waals surface area (Å²) in [4.78, 5) is 4.62. The van der Waals surface area contributed by atoms with Gasteiger partial charge in [-0.2, -0.15) is 0 Å². The molecule has 6 heteroatoms. The summed E-state index contributed by atoms with van der Waals surface area (Å²) in [5, 5.41) is 14.1. The maximum Gasteiger partial charge on any atom is 0.161 e. The van der Waals surface area contributed by atoms with Crippen molar-refractivity contribution in [3.05, 3.63) is 23.8 Å². The lowest BCUT2D eigenvalue weighted by Gasteiger charge is -2.33. The molecule has 6 nitrogen and oxygen atoms in total. The minimum absolute atomic E-state index is 0.280. The molecule has 1 heterocycles. The van der Waals surface area contributed by atoms with E-state index >= 15 is 0 Å². The normalized spacial score (nSPS) is 20.8. The molecule has 2 fully saturated rings. The highest BCUT2D eigenvalue weighted by molar-refractivity contribution is 5.43. The second-order valence-corrected chi connectivity index (χ2v) is 8.27. The number of hydrogen-bond donors (Lipinski definition) is 2. The second-order valence-electron chi connectivity index (χ2n) is 8.27. The predicted molar refractivity (Wildman–Crippen MR) is 112 cm³/mol. The first-order chi connectivity index (χ1) is 13.6. The molecule has 0 bridgehead atoms. The van der Waals surface area contributed by atoms with Crippen LogP contribution in [0.1, 0.15) is 37.7 Å². The number of likely N-dealkylation sites (N-methyl/N-ethyl adjacent to an activating group) is 1. The number of methoxy groups -OCH3 is 1. The van der Waals surface area contributed by atoms with E-state index in [-0.39, 0.29) is 6.61 Å². The van der Waals surface area contributed by atoms with Crippen LogP contribution >= 0.6 is 0 Å². The van der Waals surface area contributed by atoms with Crippen LogP contribution in [0.5, 0.6) is 11.5 Å². The fraction of sp³-hybridized carbons (Fsp3) is 0.727. The van der Waals surface area contributed by atoms with E-state index in [2.05, 4.69) is 28.2 Å². The first-order valence-electron chi connectivity index (χ1n) is 10.8.